The van der Waals surface area contributed by atoms with Crippen molar-refractivity contribution in [2.24, 2.45) is 0 Å². The molecule has 0 bridgehead atoms. The van der Waals surface area contributed by atoms with Crippen LogP contribution >= 0.6 is 11.3 Å². The van der Waals surface area contributed by atoms with Crippen LogP contribution in [-0.2, 0) is 0 Å². The third kappa shape index (κ3) is 2.72. The van der Waals surface area contributed by atoms with Gasteiger partial charge in [0.1, 0.15) is 22.9 Å². The first kappa shape index (κ1) is 15.9. The van der Waals surface area contributed by atoms with Crippen molar-refractivity contribution in [2.45, 2.75) is 0 Å². The van der Waals surface area contributed by atoms with Gasteiger partial charge in [-0.25, -0.2) is 4.98 Å². The van der Waals surface area contributed by atoms with E-state index in [1.165, 1.54) is 11.3 Å². The Bertz CT molecular complexity index is 1200. The Morgan fingerprint density at radius 2 is 1.89 bits per heavy atom. The summed E-state index contributed by atoms with van der Waals surface area (Å²) in [7, 11) is 0. The molecule has 27 heavy (non-hydrogen) atoms. The molecule has 5 rings (SSSR count). The number of carbonyl (C=O) groups excluding carboxylic acids is 1. The Morgan fingerprint density at radius 3 is 2.78 bits per heavy atom. The molecule has 0 radical (unpaired) electrons. The predicted molar refractivity (Wildman–Crippen MR) is 107 cm³/mol. The lowest BCUT2D eigenvalue weighted by atomic mass is 10.1. The van der Waals surface area contributed by atoms with Crippen molar-refractivity contribution in [1.82, 2.24) is 4.98 Å². The number of hydrogen-bond acceptors (Lipinski definition) is 6. The Hall–Kier alpha value is -3.32. The van der Waals surface area contributed by atoms with Gasteiger partial charge in [-0.05, 0) is 24.3 Å². The minimum absolute atomic E-state index is 0.267. The molecule has 1 aliphatic rings. The maximum atomic E-state index is 12.8. The van der Waals surface area contributed by atoms with Crippen LogP contribution in [0.25, 0.3) is 21.1 Å². The van der Waals surface area contributed by atoms with E-state index in [4.69, 9.17) is 15.2 Å². The van der Waals surface area contributed by atoms with Crippen molar-refractivity contribution in [2.75, 3.05) is 24.3 Å². The average Bonchev–Trinajstić information content (AvgIpc) is 3.02. The first-order valence-electron chi connectivity index (χ1n) is 8.48. The van der Waals surface area contributed by atoms with Crippen molar-refractivity contribution in [3.63, 3.8) is 0 Å². The van der Waals surface area contributed by atoms with Gasteiger partial charge >= 0.3 is 0 Å². The molecule has 3 heterocycles. The van der Waals surface area contributed by atoms with Crippen LogP contribution in [0.1, 0.15) is 9.67 Å². The van der Waals surface area contributed by atoms with Crippen molar-refractivity contribution < 1.29 is 14.3 Å². The number of nitrogen functional groups attached to an aromatic ring is 1. The molecule has 1 aliphatic heterocycles. The van der Waals surface area contributed by atoms with E-state index in [0.29, 0.717) is 41.0 Å². The molecule has 2 aromatic heterocycles. The number of thiophene rings is 1. The van der Waals surface area contributed by atoms with Gasteiger partial charge in [0.15, 0.2) is 11.5 Å². The zero-order chi connectivity index (χ0) is 18.4. The largest absolute Gasteiger partial charge is 0.486 e. The second kappa shape index (κ2) is 6.14. The predicted octanol–water partition coefficient (Wildman–Crippen LogP) is 4.06. The zero-order valence-electron chi connectivity index (χ0n) is 14.2. The van der Waals surface area contributed by atoms with Gasteiger partial charge in [0, 0.05) is 22.5 Å². The molecule has 2 aromatic carbocycles. The van der Waals surface area contributed by atoms with E-state index in [0.717, 1.165) is 21.1 Å². The Labute approximate surface area is 158 Å². The van der Waals surface area contributed by atoms with Gasteiger partial charge in [0.25, 0.3) is 5.91 Å². The van der Waals surface area contributed by atoms with Crippen LogP contribution in [0.2, 0.25) is 0 Å². The number of carbonyl (C=O) groups is 1. The summed E-state index contributed by atoms with van der Waals surface area (Å²) in [5, 5.41) is 4.67. The van der Waals surface area contributed by atoms with E-state index in [2.05, 4.69) is 10.3 Å². The summed E-state index contributed by atoms with van der Waals surface area (Å²) in [6, 6.07) is 15.1. The number of nitrogens with one attached hydrogen (secondary N) is 1. The number of rotatable bonds is 2. The number of aromatic nitrogens is 1. The molecule has 7 heteroatoms. The number of pyridine rings is 1. The molecule has 0 unspecified atom stereocenters. The summed E-state index contributed by atoms with van der Waals surface area (Å²) in [6.07, 6.45) is 0. The Morgan fingerprint density at radius 1 is 1.07 bits per heavy atom. The molecule has 0 saturated heterocycles. The molecule has 3 N–H and O–H groups in total. The monoisotopic (exact) mass is 377 g/mol. The fourth-order valence-electron chi connectivity index (χ4n) is 3.12. The third-order valence-corrected chi connectivity index (χ3v) is 5.54. The number of para-hydroxylation sites is 1. The zero-order valence-corrected chi connectivity index (χ0v) is 15.0. The fraction of sp³-hybridized carbons (Fsp3) is 0.100. The molecular formula is C20H15N3O3S. The molecule has 0 atom stereocenters. The molecule has 0 saturated carbocycles. The lowest BCUT2D eigenvalue weighted by Gasteiger charge is -2.18. The van der Waals surface area contributed by atoms with Crippen molar-refractivity contribution in [1.29, 1.82) is 0 Å². The third-order valence-electron chi connectivity index (χ3n) is 4.43. The van der Waals surface area contributed by atoms with Gasteiger partial charge in [-0.3, -0.25) is 4.79 Å². The number of hydrogen-bond donors (Lipinski definition) is 2. The van der Waals surface area contributed by atoms with Crippen LogP contribution in [0.5, 0.6) is 11.5 Å². The van der Waals surface area contributed by atoms with Crippen molar-refractivity contribution in [3.8, 4) is 11.5 Å². The summed E-state index contributed by atoms with van der Waals surface area (Å²) < 4.78 is 11.1. The smallest absolute Gasteiger partial charge is 0.267 e. The number of nitrogens with two attached hydrogens (primary N) is 1. The molecule has 1 amide bonds. The first-order valence-corrected chi connectivity index (χ1v) is 9.29. The van der Waals surface area contributed by atoms with Crippen molar-refractivity contribution >= 4 is 49.7 Å². The van der Waals surface area contributed by atoms with Crippen LogP contribution in [-0.4, -0.2) is 24.1 Å². The highest BCUT2D eigenvalue weighted by Gasteiger charge is 2.19. The van der Waals surface area contributed by atoms with Gasteiger partial charge in [-0.2, -0.15) is 0 Å². The average molecular weight is 377 g/mol. The lowest BCUT2D eigenvalue weighted by Crippen LogP contribution is -2.16. The molecule has 4 aromatic rings. The maximum Gasteiger partial charge on any atom is 0.267 e. The second-order valence-corrected chi connectivity index (χ2v) is 7.19. The normalized spacial score (nSPS) is 13.0. The summed E-state index contributed by atoms with van der Waals surface area (Å²) in [6.45, 7) is 1.02. The topological polar surface area (TPSA) is 86.5 Å². The van der Waals surface area contributed by atoms with E-state index >= 15 is 0 Å². The number of anilines is 2. The molecule has 0 fully saturated rings. The number of benzene rings is 2. The fourth-order valence-corrected chi connectivity index (χ4v) is 4.10. The number of fused-ring (bicyclic) bond motifs is 3. The first-order chi connectivity index (χ1) is 13.2. The quantitative estimate of drug-likeness (QED) is 0.550. The minimum atomic E-state index is -0.267. The summed E-state index contributed by atoms with van der Waals surface area (Å²) >= 11 is 1.29. The standard InChI is InChI=1S/C20H15N3O3S/c21-17-13-9-11-3-1-2-4-14(11)23-20(13)27-18(17)19(24)22-12-5-6-15-16(10-12)26-8-7-25-15/h1-6,9-10H,7-8,21H2,(H,22,24). The van der Waals surface area contributed by atoms with E-state index in [1.54, 1.807) is 18.2 Å². The van der Waals surface area contributed by atoms with Crippen LogP contribution in [0, 0.1) is 0 Å². The number of amides is 1. The summed E-state index contributed by atoms with van der Waals surface area (Å²) in [5.74, 6) is 1.03. The molecular weight excluding hydrogens is 362 g/mol. The van der Waals surface area contributed by atoms with E-state index < -0.39 is 0 Å². The second-order valence-electron chi connectivity index (χ2n) is 6.19. The summed E-state index contributed by atoms with van der Waals surface area (Å²) in [4.78, 5) is 18.6. The lowest BCUT2D eigenvalue weighted by molar-refractivity contribution is 0.103. The van der Waals surface area contributed by atoms with Gasteiger partial charge < -0.3 is 20.5 Å². The van der Waals surface area contributed by atoms with Gasteiger partial charge in [-0.15, -0.1) is 11.3 Å². The molecule has 0 aliphatic carbocycles. The minimum Gasteiger partial charge on any atom is -0.486 e. The van der Waals surface area contributed by atoms with E-state index in [9.17, 15) is 4.79 Å². The van der Waals surface area contributed by atoms with Gasteiger partial charge in [0.2, 0.25) is 0 Å². The maximum absolute atomic E-state index is 12.8. The van der Waals surface area contributed by atoms with Gasteiger partial charge in [-0.1, -0.05) is 18.2 Å². The highest BCUT2D eigenvalue weighted by atomic mass is 32.1. The molecule has 134 valence electrons. The molecule has 6 nitrogen and oxygen atoms in total. The Balaban J connectivity index is 1.50. The van der Waals surface area contributed by atoms with E-state index in [1.807, 2.05) is 30.3 Å². The highest BCUT2D eigenvalue weighted by Crippen LogP contribution is 2.36. The Kier molecular flexibility index (Phi) is 3.61. The van der Waals surface area contributed by atoms with E-state index in [-0.39, 0.29) is 5.91 Å². The van der Waals surface area contributed by atoms with Crippen LogP contribution < -0.4 is 20.5 Å². The van der Waals surface area contributed by atoms with Crippen LogP contribution in [0.3, 0.4) is 0 Å². The highest BCUT2D eigenvalue weighted by molar-refractivity contribution is 7.21. The van der Waals surface area contributed by atoms with Crippen molar-refractivity contribution in [3.05, 3.63) is 53.4 Å². The molecule has 0 spiro atoms. The number of nitrogens with zero attached hydrogens (tertiary/aromatic N) is 1. The summed E-state index contributed by atoms with van der Waals surface area (Å²) in [5.41, 5.74) is 8.21. The van der Waals surface area contributed by atoms with Gasteiger partial charge in [0.05, 0.1) is 11.2 Å². The van der Waals surface area contributed by atoms with Crippen LogP contribution in [0.15, 0.2) is 48.5 Å². The van der Waals surface area contributed by atoms with Crippen LogP contribution in [0.4, 0.5) is 11.4 Å². The SMILES string of the molecule is Nc1c(C(=O)Nc2ccc3c(c2)OCCO3)sc2nc3ccccc3cc12. The number of ether oxygens (including phenoxy) is 2.